The van der Waals surface area contributed by atoms with Gasteiger partial charge in [-0.1, -0.05) is 40.2 Å². The Kier molecular flexibility index (Phi) is 6.50. The molecule has 0 amide bonds. The van der Waals surface area contributed by atoms with E-state index in [2.05, 4.69) is 27.7 Å². The van der Waals surface area contributed by atoms with Gasteiger partial charge in [0, 0.05) is 11.8 Å². The lowest BCUT2D eigenvalue weighted by molar-refractivity contribution is -0.203. The number of fused-ring (bicyclic) bond motifs is 6. The van der Waals surface area contributed by atoms with E-state index < -0.39 is 5.97 Å². The van der Waals surface area contributed by atoms with Crippen molar-refractivity contribution in [2.75, 3.05) is 0 Å². The first-order valence-corrected chi connectivity index (χ1v) is 15.2. The quantitative estimate of drug-likeness (QED) is 0.396. The Balaban J connectivity index is 1.26. The second-order valence-corrected chi connectivity index (χ2v) is 14.0. The van der Waals surface area contributed by atoms with Gasteiger partial charge in [-0.05, 0) is 115 Å². The van der Waals surface area contributed by atoms with Crippen LogP contribution in [0.2, 0.25) is 0 Å². The summed E-state index contributed by atoms with van der Waals surface area (Å²) >= 11 is 0. The predicted molar refractivity (Wildman–Crippen MR) is 148 cm³/mol. The molecule has 6 rings (SSSR count). The van der Waals surface area contributed by atoms with Crippen molar-refractivity contribution in [3.8, 4) is 0 Å². The molecular formula is C33H46O5. The predicted octanol–water partition coefficient (Wildman–Crippen LogP) is 6.94. The van der Waals surface area contributed by atoms with Gasteiger partial charge in [-0.25, -0.2) is 4.79 Å². The first-order chi connectivity index (χ1) is 18.1. The summed E-state index contributed by atoms with van der Waals surface area (Å²) in [7, 11) is 0. The van der Waals surface area contributed by atoms with Crippen molar-refractivity contribution in [3.05, 3.63) is 35.6 Å². The minimum Gasteiger partial charge on any atom is -0.478 e. The maximum atomic E-state index is 11.9. The van der Waals surface area contributed by atoms with E-state index in [0.29, 0.717) is 52.0 Å². The van der Waals surface area contributed by atoms with Gasteiger partial charge in [0.05, 0.1) is 17.8 Å². The molecule has 2 aromatic rings. The summed E-state index contributed by atoms with van der Waals surface area (Å²) in [5, 5.41) is 32.7. The van der Waals surface area contributed by atoms with Gasteiger partial charge in [0.2, 0.25) is 0 Å². The van der Waals surface area contributed by atoms with E-state index in [1.165, 1.54) is 25.7 Å². The summed E-state index contributed by atoms with van der Waals surface area (Å²) in [6.07, 6.45) is 8.97. The largest absolute Gasteiger partial charge is 0.478 e. The zero-order chi connectivity index (χ0) is 27.0. The Hall–Kier alpha value is -1.85. The van der Waals surface area contributed by atoms with E-state index in [1.807, 2.05) is 12.1 Å². The number of hydrogen-bond acceptors (Lipinski definition) is 4. The summed E-state index contributed by atoms with van der Waals surface area (Å²) in [5.74, 6) is 3.10. The topological polar surface area (TPSA) is 90.9 Å². The summed E-state index contributed by atoms with van der Waals surface area (Å²) in [6, 6.07) is 7.19. The first kappa shape index (κ1) is 26.4. The molecule has 0 bridgehead atoms. The second-order valence-electron chi connectivity index (χ2n) is 14.0. The van der Waals surface area contributed by atoms with Crippen molar-refractivity contribution < 1.29 is 24.5 Å². The van der Waals surface area contributed by atoms with E-state index in [1.54, 1.807) is 12.1 Å². The third-order valence-electron chi connectivity index (χ3n) is 12.5. The van der Waals surface area contributed by atoms with Gasteiger partial charge >= 0.3 is 5.97 Å². The highest BCUT2D eigenvalue weighted by Gasteiger charge is 2.64. The molecule has 4 saturated carbocycles. The van der Waals surface area contributed by atoms with Crippen LogP contribution in [0.1, 0.15) is 95.2 Å². The number of hydrogen-bond donors (Lipinski definition) is 3. The molecule has 5 heteroatoms. The van der Waals surface area contributed by atoms with Crippen LogP contribution < -0.4 is 0 Å². The lowest BCUT2D eigenvalue weighted by Crippen LogP contribution is -2.62. The highest BCUT2D eigenvalue weighted by atomic mass is 16.4. The van der Waals surface area contributed by atoms with Crippen molar-refractivity contribution in [1.82, 2.24) is 0 Å². The van der Waals surface area contributed by atoms with Gasteiger partial charge < -0.3 is 19.7 Å². The van der Waals surface area contributed by atoms with Crippen LogP contribution in [0.15, 0.2) is 28.7 Å². The van der Waals surface area contributed by atoms with Crippen LogP contribution in [-0.2, 0) is 6.42 Å². The van der Waals surface area contributed by atoms with Crippen LogP contribution in [0, 0.1) is 52.3 Å². The van der Waals surface area contributed by atoms with Crippen molar-refractivity contribution in [2.45, 2.75) is 97.7 Å². The van der Waals surface area contributed by atoms with Crippen molar-refractivity contribution in [2.24, 2.45) is 52.3 Å². The number of carbonyl (C=O) groups is 1. The Labute approximate surface area is 227 Å². The fraction of sp³-hybridized carbons (Fsp3) is 0.727. The SMILES string of the molecule is CC[C@@H]1C2C[C@H](O)CCC2(C)C2CCC3(C)C(CC[C@@H]3[C@H](C)Cc3cc4c(C(=O)O)cccc4o3)C2[C@@H]1O. The van der Waals surface area contributed by atoms with Crippen molar-refractivity contribution in [1.29, 1.82) is 0 Å². The van der Waals surface area contributed by atoms with E-state index in [-0.39, 0.29) is 29.0 Å². The molecule has 0 radical (unpaired) electrons. The van der Waals surface area contributed by atoms with E-state index in [4.69, 9.17) is 4.42 Å². The Morgan fingerprint density at radius 2 is 1.79 bits per heavy atom. The van der Waals surface area contributed by atoms with Crippen LogP contribution in [-0.4, -0.2) is 33.5 Å². The Morgan fingerprint density at radius 3 is 2.53 bits per heavy atom. The minimum absolute atomic E-state index is 0.204. The average Bonchev–Trinajstić information content (AvgIpc) is 3.45. The minimum atomic E-state index is -0.918. The van der Waals surface area contributed by atoms with Crippen LogP contribution in [0.4, 0.5) is 0 Å². The number of aliphatic hydroxyl groups is 2. The molecule has 0 spiro atoms. The van der Waals surface area contributed by atoms with Gasteiger partial charge in [-0.3, -0.25) is 0 Å². The highest BCUT2D eigenvalue weighted by molar-refractivity contribution is 6.02. The molecule has 4 aliphatic carbocycles. The smallest absolute Gasteiger partial charge is 0.336 e. The molecule has 208 valence electrons. The van der Waals surface area contributed by atoms with Gasteiger partial charge in [0.25, 0.3) is 0 Å². The second kappa shape index (κ2) is 9.37. The molecule has 1 heterocycles. The molecule has 11 atom stereocenters. The van der Waals surface area contributed by atoms with E-state index in [0.717, 1.165) is 37.9 Å². The maximum absolute atomic E-state index is 11.9. The van der Waals surface area contributed by atoms with Gasteiger partial charge in [0.1, 0.15) is 11.3 Å². The van der Waals surface area contributed by atoms with Crippen molar-refractivity contribution >= 4 is 16.9 Å². The third-order valence-corrected chi connectivity index (χ3v) is 12.5. The van der Waals surface area contributed by atoms with Crippen LogP contribution in [0.25, 0.3) is 11.0 Å². The van der Waals surface area contributed by atoms with Crippen LogP contribution >= 0.6 is 0 Å². The zero-order valence-corrected chi connectivity index (χ0v) is 23.5. The number of furan rings is 1. The zero-order valence-electron chi connectivity index (χ0n) is 23.5. The van der Waals surface area contributed by atoms with Gasteiger partial charge in [-0.2, -0.15) is 0 Å². The summed E-state index contributed by atoms with van der Waals surface area (Å²) in [4.78, 5) is 11.7. The van der Waals surface area contributed by atoms with Crippen LogP contribution in [0.5, 0.6) is 0 Å². The summed E-state index contributed by atoms with van der Waals surface area (Å²) in [5.41, 5.74) is 1.38. The van der Waals surface area contributed by atoms with Crippen LogP contribution in [0.3, 0.4) is 0 Å². The Bertz CT molecular complexity index is 1200. The standard InChI is InChI=1S/C33H46O5/c1-5-21-27-16-19(34)11-13-33(27,4)26-12-14-32(3)24(9-10-25(32)29(26)30(21)35)18(2)15-20-17-23-22(31(36)37)7-6-8-28(23)38-20/h6-8,17-19,21,24-27,29-30,34-35H,5,9-16H2,1-4H3,(H,36,37)/t18-,19-,21-,24-,25?,26?,27?,29?,30-,32?,33?/m1/s1. The fourth-order valence-corrected chi connectivity index (χ4v) is 10.8. The van der Waals surface area contributed by atoms with E-state index in [9.17, 15) is 20.1 Å². The van der Waals surface area contributed by atoms with Crippen molar-refractivity contribution in [3.63, 3.8) is 0 Å². The van der Waals surface area contributed by atoms with Gasteiger partial charge in [0.15, 0.2) is 0 Å². The number of aromatic carboxylic acids is 1. The molecule has 5 nitrogen and oxygen atoms in total. The normalized spacial score (nSPS) is 43.3. The molecule has 0 aliphatic heterocycles. The molecule has 0 saturated heterocycles. The number of carboxylic acid groups (broad SMARTS) is 1. The molecule has 6 unspecified atom stereocenters. The number of aliphatic hydroxyl groups excluding tert-OH is 2. The molecule has 1 aromatic carbocycles. The lowest BCUT2D eigenvalue weighted by atomic mass is 9.41. The molecule has 1 aromatic heterocycles. The molecular weight excluding hydrogens is 476 g/mol. The Morgan fingerprint density at radius 1 is 1.05 bits per heavy atom. The summed E-state index contributed by atoms with van der Waals surface area (Å²) in [6.45, 7) is 9.60. The average molecular weight is 523 g/mol. The number of rotatable bonds is 5. The third kappa shape index (κ3) is 3.82. The number of benzene rings is 1. The molecule has 3 N–H and O–H groups in total. The monoisotopic (exact) mass is 522 g/mol. The van der Waals surface area contributed by atoms with E-state index >= 15 is 0 Å². The summed E-state index contributed by atoms with van der Waals surface area (Å²) < 4.78 is 6.15. The molecule has 38 heavy (non-hydrogen) atoms. The highest BCUT2D eigenvalue weighted by Crippen LogP contribution is 2.69. The maximum Gasteiger partial charge on any atom is 0.336 e. The lowest BCUT2D eigenvalue weighted by Gasteiger charge is -2.64. The molecule has 4 aliphatic rings. The van der Waals surface area contributed by atoms with Gasteiger partial charge in [-0.15, -0.1) is 0 Å². The first-order valence-electron chi connectivity index (χ1n) is 15.2. The fourth-order valence-electron chi connectivity index (χ4n) is 10.8. The molecule has 4 fully saturated rings. The number of carboxylic acids is 1.